The fourth-order valence-corrected chi connectivity index (χ4v) is 16.4. The second kappa shape index (κ2) is 23.9. The molecule has 1 aromatic heterocycles. The number of allylic oxidation sites excluding steroid dienone is 3. The van der Waals surface area contributed by atoms with Crippen LogP contribution in [0.1, 0.15) is 175 Å². The van der Waals surface area contributed by atoms with Crippen molar-refractivity contribution in [3.05, 3.63) is 210 Å². The highest BCUT2D eigenvalue weighted by atomic mass is 16.6. The van der Waals surface area contributed by atoms with Crippen molar-refractivity contribution >= 4 is 29.0 Å². The molecule has 7 aliphatic rings. The first-order valence-electron chi connectivity index (χ1n) is 31.0. The van der Waals surface area contributed by atoms with Gasteiger partial charge in [-0.3, -0.25) is 4.79 Å². The molecule has 4 aliphatic carbocycles. The molecule has 4 heterocycles. The van der Waals surface area contributed by atoms with Crippen molar-refractivity contribution in [2.45, 2.75) is 150 Å². The number of hydrogen-bond acceptors (Lipinski definition) is 11. The Morgan fingerprint density at radius 3 is 2.44 bits per heavy atom. The van der Waals surface area contributed by atoms with E-state index in [1.807, 2.05) is 6.07 Å². The molecule has 2 saturated carbocycles. The van der Waals surface area contributed by atoms with E-state index < -0.39 is 47.9 Å². The van der Waals surface area contributed by atoms with Crippen molar-refractivity contribution in [1.29, 1.82) is 0 Å². The number of aryl methyl sites for hydroxylation is 1. The normalized spacial score (nSPS) is 27.5. The number of rotatable bonds is 11. The minimum Gasteiger partial charge on any atom is -0.481 e. The van der Waals surface area contributed by atoms with Crippen LogP contribution in [0.4, 0.5) is 0 Å². The second-order valence-electron chi connectivity index (χ2n) is 25.2. The lowest BCUT2D eigenvalue weighted by Gasteiger charge is -2.49. The predicted molar refractivity (Wildman–Crippen MR) is 326 cm³/mol. The van der Waals surface area contributed by atoms with E-state index in [1.54, 1.807) is 19.1 Å². The monoisotopic (exact) mass is 1140 g/mol. The first-order chi connectivity index (χ1) is 41.5. The summed E-state index contributed by atoms with van der Waals surface area (Å²) in [4.78, 5) is 46.2. The van der Waals surface area contributed by atoms with Crippen LogP contribution in [0.5, 0.6) is 5.75 Å². The largest absolute Gasteiger partial charge is 0.481 e. The van der Waals surface area contributed by atoms with Crippen LogP contribution in [-0.4, -0.2) is 65.9 Å². The van der Waals surface area contributed by atoms with Gasteiger partial charge in [0.15, 0.2) is 17.8 Å². The molecule has 0 radical (unpaired) electrons. The van der Waals surface area contributed by atoms with Crippen LogP contribution in [0, 0.1) is 29.6 Å². The molecule has 438 valence electrons. The number of fused-ring (bicyclic) bond motifs is 12. The maximum atomic E-state index is 15.9. The standard InChI is InChI=1S/C74H76O11/c1-45(42-76)57-26-21-46-22-27-59-50(36-46)15-9-12-34-74(56-39-51-24-23-47-14-7-8-20-58(47)62(51)41-56)70(84-71(57)79)69(67-64(85-74)30-29-61-63(43-77)66(72(80)83-68(61)67)52(31-35-75)44-81-2)82-65(78)40-53-37-49(25-28-60(53)59)48-16-13-19-55(38-48)73(32-10-4-11-33-73)54-17-5-3-6-18-54/h3,5-8,13-14,16-20,22-25,27-30,36,38,49,51-53,56,60,62,69-70,75-77H,4,10-11,15,21,26,31-35,37,39-44H2,1-2H3/b57-45-/t49-,51-,52+,53-,56-,60+,62+,69+,70-,74-/m0/s1. The first-order valence-corrected chi connectivity index (χ1v) is 31.0. The van der Waals surface area contributed by atoms with Gasteiger partial charge in [-0.25, -0.2) is 9.59 Å². The summed E-state index contributed by atoms with van der Waals surface area (Å²) >= 11 is 0. The van der Waals surface area contributed by atoms with Crippen LogP contribution >= 0.6 is 0 Å². The Bertz CT molecular complexity index is 3750. The number of hydrogen-bond donors (Lipinski definition) is 3. The van der Waals surface area contributed by atoms with Crippen LogP contribution in [0.15, 0.2) is 148 Å². The van der Waals surface area contributed by atoms with E-state index in [0.29, 0.717) is 48.6 Å². The molecule has 2 fully saturated rings. The topological polar surface area (TPSA) is 162 Å². The Kier molecular flexibility index (Phi) is 15.9. The van der Waals surface area contributed by atoms with E-state index in [0.717, 1.165) is 47.9 Å². The fourth-order valence-electron chi connectivity index (χ4n) is 16.4. The molecule has 0 unspecified atom stereocenters. The Morgan fingerprint density at radius 2 is 1.62 bits per heavy atom. The van der Waals surface area contributed by atoms with Crippen molar-refractivity contribution in [3.63, 3.8) is 0 Å². The smallest absolute Gasteiger partial charge is 0.340 e. The summed E-state index contributed by atoms with van der Waals surface area (Å²) in [5.74, 6) is 5.13. The van der Waals surface area contributed by atoms with Crippen LogP contribution in [0.3, 0.4) is 0 Å². The highest BCUT2D eigenvalue weighted by molar-refractivity contribution is 5.90. The Hall–Kier alpha value is -7.33. The molecule has 11 heteroatoms. The average Bonchev–Trinajstić information content (AvgIpc) is 2.21. The minimum atomic E-state index is -1.45. The molecule has 0 spiro atoms. The first kappa shape index (κ1) is 56.8. The number of carbonyl (C=O) groups excluding carboxylic acids is 2. The van der Waals surface area contributed by atoms with Crippen LogP contribution in [-0.2, 0) is 48.7 Å². The molecule has 3 aliphatic heterocycles. The zero-order valence-electron chi connectivity index (χ0n) is 48.7. The summed E-state index contributed by atoms with van der Waals surface area (Å²) in [6.07, 6.45) is 15.4. The summed E-state index contributed by atoms with van der Waals surface area (Å²) in [5, 5.41) is 32.7. The molecular weight excluding hydrogens is 1060 g/mol. The molecule has 6 aromatic rings. The molecule has 5 bridgehead atoms. The molecule has 10 atom stereocenters. The quantitative estimate of drug-likeness (QED) is 0.0372. The van der Waals surface area contributed by atoms with Gasteiger partial charge in [-0.2, -0.15) is 0 Å². The third-order valence-electron chi connectivity index (χ3n) is 20.6. The summed E-state index contributed by atoms with van der Waals surface area (Å²) in [7, 11) is 1.51. The van der Waals surface area contributed by atoms with Gasteiger partial charge >= 0.3 is 17.6 Å². The SMILES string of the molecule is COC[C@@H](CCO)c1c(CO)c2ccc3c(c2oc1=O)[C@H]1OC(=O)C[C@@H]2C[C@@H](c4cccc(C5(c6ccccc6)CCCCC5)c4)C=C[C@H]2c2ccc4cc2CC#CC[C@@]([C@H]2C[C@@H]5C=Cc6ccccc6[C@@H]5C2)(O3)[C@H]1OC(=O)/C(=C(/C)CO)CC4. The van der Waals surface area contributed by atoms with Crippen LogP contribution < -0.4 is 10.4 Å². The number of esters is 2. The van der Waals surface area contributed by atoms with E-state index in [2.05, 4.69) is 127 Å². The summed E-state index contributed by atoms with van der Waals surface area (Å²) in [6, 6.07) is 38.6. The molecule has 0 amide bonds. The lowest BCUT2D eigenvalue weighted by molar-refractivity contribution is -0.202. The number of aliphatic hydroxyl groups excluding tert-OH is 3. The van der Waals surface area contributed by atoms with Crippen LogP contribution in [0.2, 0.25) is 0 Å². The van der Waals surface area contributed by atoms with Gasteiger partial charge in [0.25, 0.3) is 0 Å². The maximum Gasteiger partial charge on any atom is 0.340 e. The number of ether oxygens (including phenoxy) is 4. The average molecular weight is 1140 g/mol. The fraction of sp³-hybridized carbons (Fsp3) is 0.419. The van der Waals surface area contributed by atoms with E-state index in [9.17, 15) is 20.1 Å². The Balaban J connectivity index is 1.00. The molecule has 11 nitrogen and oxygen atoms in total. The van der Waals surface area contributed by atoms with E-state index in [1.165, 1.54) is 35.8 Å². The van der Waals surface area contributed by atoms with Gasteiger partial charge in [0.2, 0.25) is 0 Å². The zero-order chi connectivity index (χ0) is 58.4. The van der Waals surface area contributed by atoms with Gasteiger partial charge in [-0.15, -0.1) is 0 Å². The zero-order valence-corrected chi connectivity index (χ0v) is 48.7. The van der Waals surface area contributed by atoms with Gasteiger partial charge in [0.05, 0.1) is 31.8 Å². The highest BCUT2D eigenvalue weighted by Crippen LogP contribution is 2.59. The van der Waals surface area contributed by atoms with Gasteiger partial charge in [0, 0.05) is 72.2 Å². The highest BCUT2D eigenvalue weighted by Gasteiger charge is 2.61. The summed E-state index contributed by atoms with van der Waals surface area (Å²) < 4.78 is 33.9. The lowest BCUT2D eigenvalue weighted by atomic mass is 9.64. The molecule has 5 aromatic carbocycles. The van der Waals surface area contributed by atoms with Gasteiger partial charge < -0.3 is 38.7 Å². The summed E-state index contributed by atoms with van der Waals surface area (Å²) in [6.45, 7) is 0.627. The number of methoxy groups -OCH3 is 1. The predicted octanol–water partition coefficient (Wildman–Crippen LogP) is 12.9. The van der Waals surface area contributed by atoms with Crippen molar-refractivity contribution in [2.24, 2.45) is 17.8 Å². The number of aliphatic hydroxyl groups is 3. The number of benzene rings is 5. The third-order valence-corrected chi connectivity index (χ3v) is 20.6. The van der Waals surface area contributed by atoms with Crippen molar-refractivity contribution < 1.29 is 48.3 Å². The maximum absolute atomic E-state index is 15.9. The minimum absolute atomic E-state index is 0.00306. The van der Waals surface area contributed by atoms with Gasteiger partial charge in [-0.1, -0.05) is 152 Å². The van der Waals surface area contributed by atoms with Gasteiger partial charge in [-0.05, 0) is 144 Å². The van der Waals surface area contributed by atoms with E-state index >= 15 is 9.59 Å². The van der Waals surface area contributed by atoms with Crippen molar-refractivity contribution in [2.75, 3.05) is 26.9 Å². The molecule has 85 heavy (non-hydrogen) atoms. The van der Waals surface area contributed by atoms with E-state index in [-0.39, 0.29) is 114 Å². The van der Waals surface area contributed by atoms with E-state index in [4.69, 9.17) is 23.4 Å². The molecule has 3 N–H and O–H groups in total. The van der Waals surface area contributed by atoms with Gasteiger partial charge in [0.1, 0.15) is 11.3 Å². The molecule has 0 saturated heterocycles. The molecule has 13 rings (SSSR count). The summed E-state index contributed by atoms with van der Waals surface area (Å²) in [5.41, 5.74) is 8.55. The van der Waals surface area contributed by atoms with Crippen LogP contribution in [0.25, 0.3) is 17.0 Å². The Morgan fingerprint density at radius 1 is 0.800 bits per heavy atom. The molecular formula is C74H76O11. The second-order valence-corrected chi connectivity index (χ2v) is 25.2. The van der Waals surface area contributed by atoms with Crippen molar-refractivity contribution in [3.8, 4) is 17.6 Å². The number of carbonyl (C=O) groups is 2. The van der Waals surface area contributed by atoms with Crippen molar-refractivity contribution in [1.82, 2.24) is 0 Å². The Labute approximate surface area is 497 Å². The lowest BCUT2D eigenvalue weighted by Crippen LogP contribution is -2.60. The third kappa shape index (κ3) is 10.3.